The smallest absolute Gasteiger partial charge is 0.249 e. The molecule has 0 atom stereocenters. The molecule has 0 N–H and O–H groups in total. The lowest BCUT2D eigenvalue weighted by molar-refractivity contribution is -0.140. The molecule has 42 heavy (non-hydrogen) atoms. The van der Waals surface area contributed by atoms with Gasteiger partial charge in [0, 0.05) is 67.1 Å². The Hall–Kier alpha value is -4.23. The van der Waals surface area contributed by atoms with Gasteiger partial charge < -0.3 is 14.7 Å². The normalized spacial score (nSPS) is 17.2. The van der Waals surface area contributed by atoms with E-state index in [0.29, 0.717) is 39.2 Å². The number of nitriles is 1. The van der Waals surface area contributed by atoms with E-state index in [1.165, 1.54) is 23.5 Å². The van der Waals surface area contributed by atoms with Gasteiger partial charge in [0.15, 0.2) is 5.13 Å². The summed E-state index contributed by atoms with van der Waals surface area (Å²) < 4.78 is 15.6. The van der Waals surface area contributed by atoms with Crippen molar-refractivity contribution in [3.8, 4) is 17.3 Å². The molecule has 1 amide bonds. The van der Waals surface area contributed by atoms with Crippen molar-refractivity contribution in [2.75, 3.05) is 43.0 Å². The Bertz CT molecular complexity index is 1780. The summed E-state index contributed by atoms with van der Waals surface area (Å²) in [6.45, 7) is 11.4. The number of carbonyl (C=O) groups is 1. The lowest BCUT2D eigenvalue weighted by atomic mass is 9.72. The van der Waals surface area contributed by atoms with E-state index in [-0.39, 0.29) is 17.1 Å². The van der Waals surface area contributed by atoms with Crippen LogP contribution in [0, 0.1) is 29.5 Å². The second kappa shape index (κ2) is 9.66. The first-order valence-electron chi connectivity index (χ1n) is 14.4. The Labute approximate surface area is 248 Å². The second-order valence-corrected chi connectivity index (χ2v) is 13.0. The Morgan fingerprint density at radius 3 is 2.57 bits per heavy atom. The fourth-order valence-corrected chi connectivity index (χ4v) is 7.16. The Morgan fingerprint density at radius 1 is 1.21 bits per heavy atom. The molecule has 3 aliphatic rings. The van der Waals surface area contributed by atoms with Crippen LogP contribution in [0.5, 0.6) is 0 Å². The number of thiazole rings is 1. The molecular formula is C32H32FN7OS. The molecule has 0 radical (unpaired) electrons. The number of nitrogens with zero attached hydrogens (tertiary/aromatic N) is 7. The number of fused-ring (bicyclic) bond motifs is 1. The maximum Gasteiger partial charge on any atom is 0.249 e. The molecule has 0 unspecified atom stereocenters. The monoisotopic (exact) mass is 581 g/mol. The molecular weight excluding hydrogens is 549 g/mol. The molecule has 2 aliphatic heterocycles. The number of aryl methyl sites for hydroxylation is 1. The summed E-state index contributed by atoms with van der Waals surface area (Å²) in [4.78, 5) is 24.2. The van der Waals surface area contributed by atoms with Gasteiger partial charge in [-0.15, -0.1) is 0 Å². The van der Waals surface area contributed by atoms with E-state index in [9.17, 15) is 14.4 Å². The molecule has 3 aromatic heterocycles. The maximum absolute atomic E-state index is 13.6. The fourth-order valence-electron chi connectivity index (χ4n) is 6.31. The zero-order chi connectivity index (χ0) is 29.3. The number of hydrogen-bond acceptors (Lipinski definition) is 7. The van der Waals surface area contributed by atoms with Crippen molar-refractivity contribution in [2.45, 2.75) is 39.0 Å². The van der Waals surface area contributed by atoms with Crippen LogP contribution in [0.25, 0.3) is 16.8 Å². The van der Waals surface area contributed by atoms with E-state index in [1.807, 2.05) is 23.4 Å². The van der Waals surface area contributed by atoms with Crippen LogP contribution in [-0.4, -0.2) is 58.6 Å². The number of carbonyl (C=O) groups excluding carboxylic acids is 1. The minimum atomic E-state index is -0.324. The molecule has 5 heterocycles. The van der Waals surface area contributed by atoms with Gasteiger partial charge in [-0.3, -0.25) is 4.79 Å². The largest absolute Gasteiger partial charge is 0.370 e. The van der Waals surface area contributed by atoms with Gasteiger partial charge in [0.2, 0.25) is 5.91 Å². The quantitative estimate of drug-likeness (QED) is 0.248. The first-order valence-corrected chi connectivity index (χ1v) is 15.2. The van der Waals surface area contributed by atoms with Crippen LogP contribution in [0.4, 0.5) is 20.9 Å². The van der Waals surface area contributed by atoms with Crippen molar-refractivity contribution in [1.82, 2.24) is 19.5 Å². The van der Waals surface area contributed by atoms with Crippen molar-refractivity contribution < 1.29 is 9.18 Å². The first-order chi connectivity index (χ1) is 20.2. The average Bonchev–Trinajstić information content (AvgIpc) is 3.57. The van der Waals surface area contributed by atoms with Gasteiger partial charge in [0.05, 0.1) is 16.9 Å². The molecule has 10 heteroatoms. The number of aromatic nitrogens is 3. The summed E-state index contributed by atoms with van der Waals surface area (Å²) in [7, 11) is 1.99. The number of halogens is 1. The van der Waals surface area contributed by atoms with Gasteiger partial charge in [-0.05, 0) is 62.6 Å². The molecule has 1 saturated carbocycles. The van der Waals surface area contributed by atoms with Crippen LogP contribution in [0.1, 0.15) is 48.4 Å². The number of benzene rings is 1. The van der Waals surface area contributed by atoms with E-state index in [0.717, 1.165) is 67.3 Å². The van der Waals surface area contributed by atoms with E-state index >= 15 is 0 Å². The molecule has 4 aromatic rings. The minimum absolute atomic E-state index is 0.0858. The maximum atomic E-state index is 13.6. The molecule has 1 spiro atoms. The Kier molecular flexibility index (Phi) is 6.13. The SMILES string of the molecule is C=C(CC)C(=O)N1CC2(C1)CN(c1cc(C)n3nc(C4CC4)c(N(C)c4nc(-c5ccc(F)cc5)c(C#N)s4)c3c1)C2. The number of amides is 1. The van der Waals surface area contributed by atoms with Gasteiger partial charge >= 0.3 is 0 Å². The van der Waals surface area contributed by atoms with Crippen molar-refractivity contribution in [3.05, 3.63) is 70.6 Å². The van der Waals surface area contributed by atoms with E-state index in [4.69, 9.17) is 10.1 Å². The van der Waals surface area contributed by atoms with Crippen molar-refractivity contribution >= 4 is 39.3 Å². The number of anilines is 3. The molecule has 3 fully saturated rings. The number of likely N-dealkylation sites (tertiary alicyclic amines) is 1. The summed E-state index contributed by atoms with van der Waals surface area (Å²) in [5.74, 6) is 0.165. The summed E-state index contributed by atoms with van der Waals surface area (Å²) in [6, 6.07) is 12.8. The third kappa shape index (κ3) is 4.26. The van der Waals surface area contributed by atoms with Crippen LogP contribution >= 0.6 is 11.3 Å². The highest BCUT2D eigenvalue weighted by atomic mass is 32.1. The molecule has 0 bridgehead atoms. The molecule has 7 rings (SSSR count). The lowest BCUT2D eigenvalue weighted by Gasteiger charge is -2.61. The van der Waals surface area contributed by atoms with Crippen LogP contribution in [0.15, 0.2) is 48.6 Å². The van der Waals surface area contributed by atoms with Crippen molar-refractivity contribution in [3.63, 3.8) is 0 Å². The van der Waals surface area contributed by atoms with Gasteiger partial charge in [-0.1, -0.05) is 24.8 Å². The van der Waals surface area contributed by atoms with Crippen LogP contribution in [0.3, 0.4) is 0 Å². The second-order valence-electron chi connectivity index (χ2n) is 12.0. The fraction of sp³-hybridized carbons (Fsp3) is 0.375. The number of hydrogen-bond donors (Lipinski definition) is 0. The van der Waals surface area contributed by atoms with E-state index in [1.54, 1.807) is 12.1 Å². The predicted molar refractivity (Wildman–Crippen MR) is 163 cm³/mol. The van der Waals surface area contributed by atoms with Crippen molar-refractivity contribution in [2.24, 2.45) is 5.41 Å². The van der Waals surface area contributed by atoms with Crippen LogP contribution in [-0.2, 0) is 4.79 Å². The van der Waals surface area contributed by atoms with E-state index < -0.39 is 0 Å². The number of pyridine rings is 1. The molecule has 214 valence electrons. The topological polar surface area (TPSA) is 80.8 Å². The highest BCUT2D eigenvalue weighted by Crippen LogP contribution is 2.49. The zero-order valence-electron chi connectivity index (χ0n) is 24.0. The third-order valence-corrected chi connectivity index (χ3v) is 9.84. The van der Waals surface area contributed by atoms with Gasteiger partial charge in [0.25, 0.3) is 0 Å². The Balaban J connectivity index is 1.20. The number of rotatable bonds is 7. The van der Waals surface area contributed by atoms with Crippen LogP contribution in [0.2, 0.25) is 0 Å². The molecule has 1 aliphatic carbocycles. The minimum Gasteiger partial charge on any atom is -0.370 e. The first kappa shape index (κ1) is 26.7. The predicted octanol–water partition coefficient (Wildman–Crippen LogP) is 6.04. The van der Waals surface area contributed by atoms with Gasteiger partial charge in [0.1, 0.15) is 22.5 Å². The molecule has 1 aromatic carbocycles. The summed E-state index contributed by atoms with van der Waals surface area (Å²) in [6.07, 6.45) is 2.89. The zero-order valence-corrected chi connectivity index (χ0v) is 24.8. The van der Waals surface area contributed by atoms with Gasteiger partial charge in [-0.25, -0.2) is 13.9 Å². The third-order valence-electron chi connectivity index (χ3n) is 8.80. The van der Waals surface area contributed by atoms with Gasteiger partial charge in [-0.2, -0.15) is 10.4 Å². The van der Waals surface area contributed by atoms with Crippen molar-refractivity contribution in [1.29, 1.82) is 5.26 Å². The summed E-state index contributed by atoms with van der Waals surface area (Å²) in [5.41, 5.74) is 7.40. The lowest BCUT2D eigenvalue weighted by Crippen LogP contribution is -2.73. The van der Waals surface area contributed by atoms with Crippen LogP contribution < -0.4 is 9.80 Å². The average molecular weight is 582 g/mol. The highest BCUT2D eigenvalue weighted by Gasteiger charge is 2.53. The van der Waals surface area contributed by atoms with E-state index in [2.05, 4.69) is 41.5 Å². The summed E-state index contributed by atoms with van der Waals surface area (Å²) >= 11 is 1.34. The summed E-state index contributed by atoms with van der Waals surface area (Å²) in [5, 5.41) is 15.6. The molecule has 8 nitrogen and oxygen atoms in total. The standard InChI is InChI=1S/C32H32FN7OS/c1-5-19(2)30(41)39-17-32(18-39)15-38(16-32)24-12-20(3)40-25(13-24)29(28(36-40)22-6-7-22)37(4)31-35-27(26(14-34)42-31)21-8-10-23(33)11-9-21/h8-13,22H,2,5-7,15-18H2,1,3-4H3. The molecule has 2 saturated heterocycles. The highest BCUT2D eigenvalue weighted by molar-refractivity contribution is 7.16. The Morgan fingerprint density at radius 2 is 1.93 bits per heavy atom.